The van der Waals surface area contributed by atoms with E-state index in [1.165, 1.54) is 5.57 Å². The highest BCUT2D eigenvalue weighted by Gasteiger charge is 2.31. The molecule has 1 aliphatic heterocycles. The molecule has 1 fully saturated rings. The lowest BCUT2D eigenvalue weighted by atomic mass is 10.1. The van der Waals surface area contributed by atoms with Crippen molar-refractivity contribution in [2.45, 2.75) is 19.4 Å². The van der Waals surface area contributed by atoms with Crippen LogP contribution in [0.4, 0.5) is 0 Å². The van der Waals surface area contributed by atoms with Crippen molar-refractivity contribution in [3.63, 3.8) is 0 Å². The Morgan fingerprint density at radius 2 is 2.14 bits per heavy atom. The van der Waals surface area contributed by atoms with Crippen LogP contribution in [0, 0.1) is 0 Å². The molecule has 1 aromatic carbocycles. The maximum atomic E-state index is 12.0. The van der Waals surface area contributed by atoms with Crippen LogP contribution < -0.4 is 10.6 Å². The molecule has 118 valence electrons. The maximum Gasteiger partial charge on any atom is 0.237 e. The van der Waals surface area contributed by atoms with Crippen LogP contribution in [0.2, 0.25) is 0 Å². The van der Waals surface area contributed by atoms with Gasteiger partial charge in [-0.3, -0.25) is 14.5 Å². The zero-order valence-electron chi connectivity index (χ0n) is 13.1. The number of rotatable bonds is 5. The maximum absolute atomic E-state index is 12.0. The van der Waals surface area contributed by atoms with E-state index < -0.39 is 6.04 Å². The standard InChI is InChI=1S/C17H23N3O2/c1-13(10-14-6-4-3-5-7-14)12-20-9-8-19-17(22)15(20)11-16(21)18-2/h3-7,10,15H,8-9,11-12H2,1-2H3,(H,18,21)(H,19,22)/b13-10+/t15-/m0/s1. The van der Waals surface area contributed by atoms with E-state index in [2.05, 4.69) is 40.7 Å². The van der Waals surface area contributed by atoms with Crippen molar-refractivity contribution in [2.24, 2.45) is 0 Å². The fourth-order valence-electron chi connectivity index (χ4n) is 2.65. The molecule has 5 heteroatoms. The van der Waals surface area contributed by atoms with Crippen LogP contribution in [0.3, 0.4) is 0 Å². The molecule has 1 atom stereocenters. The quantitative estimate of drug-likeness (QED) is 0.854. The normalized spacial score (nSPS) is 19.6. The van der Waals surface area contributed by atoms with Gasteiger partial charge >= 0.3 is 0 Å². The largest absolute Gasteiger partial charge is 0.359 e. The number of hydrogen-bond donors (Lipinski definition) is 2. The lowest BCUT2D eigenvalue weighted by Crippen LogP contribution is -2.56. The van der Waals surface area contributed by atoms with Gasteiger partial charge in [-0.2, -0.15) is 0 Å². The van der Waals surface area contributed by atoms with Crippen LogP contribution in [-0.4, -0.2) is 49.4 Å². The van der Waals surface area contributed by atoms with Gasteiger partial charge in [0.25, 0.3) is 0 Å². The molecule has 1 saturated heterocycles. The van der Waals surface area contributed by atoms with Crippen molar-refractivity contribution < 1.29 is 9.59 Å². The third-order valence-electron chi connectivity index (χ3n) is 3.76. The monoisotopic (exact) mass is 301 g/mol. The van der Waals surface area contributed by atoms with Crippen LogP contribution in [0.5, 0.6) is 0 Å². The first-order valence-electron chi connectivity index (χ1n) is 7.54. The molecule has 0 aromatic heterocycles. The smallest absolute Gasteiger partial charge is 0.237 e. The molecule has 1 heterocycles. The Morgan fingerprint density at radius 1 is 1.41 bits per heavy atom. The van der Waals surface area contributed by atoms with Crippen LogP contribution in [0.15, 0.2) is 35.9 Å². The molecule has 5 nitrogen and oxygen atoms in total. The summed E-state index contributed by atoms with van der Waals surface area (Å²) in [6.07, 6.45) is 2.31. The number of piperazine rings is 1. The molecule has 2 amide bonds. The van der Waals surface area contributed by atoms with Crippen LogP contribution in [-0.2, 0) is 9.59 Å². The molecule has 0 saturated carbocycles. The Labute approximate surface area is 131 Å². The second-order valence-corrected chi connectivity index (χ2v) is 5.56. The predicted molar refractivity (Wildman–Crippen MR) is 87.1 cm³/mol. The van der Waals surface area contributed by atoms with Crippen LogP contribution in [0.25, 0.3) is 6.08 Å². The number of nitrogens with zero attached hydrogens (tertiary/aromatic N) is 1. The second kappa shape index (κ2) is 7.75. The number of amides is 2. The summed E-state index contributed by atoms with van der Waals surface area (Å²) < 4.78 is 0. The van der Waals surface area contributed by atoms with Gasteiger partial charge in [-0.15, -0.1) is 0 Å². The topological polar surface area (TPSA) is 61.4 Å². The van der Waals surface area contributed by atoms with E-state index in [1.54, 1.807) is 7.05 Å². The summed E-state index contributed by atoms with van der Waals surface area (Å²) in [7, 11) is 1.59. The Balaban J connectivity index is 2.06. The van der Waals surface area contributed by atoms with Crippen LogP contribution in [0.1, 0.15) is 18.9 Å². The second-order valence-electron chi connectivity index (χ2n) is 5.56. The van der Waals surface area contributed by atoms with Gasteiger partial charge in [0.15, 0.2) is 0 Å². The highest BCUT2D eigenvalue weighted by Crippen LogP contribution is 2.13. The highest BCUT2D eigenvalue weighted by atomic mass is 16.2. The molecular formula is C17H23N3O2. The summed E-state index contributed by atoms with van der Waals surface area (Å²) in [5.41, 5.74) is 2.31. The summed E-state index contributed by atoms with van der Waals surface area (Å²) in [5.74, 6) is -0.181. The molecule has 0 bridgehead atoms. The number of benzene rings is 1. The molecule has 22 heavy (non-hydrogen) atoms. The van der Waals surface area contributed by atoms with E-state index in [0.29, 0.717) is 13.1 Å². The van der Waals surface area contributed by atoms with Gasteiger partial charge in [0, 0.05) is 26.7 Å². The molecular weight excluding hydrogens is 278 g/mol. The summed E-state index contributed by atoms with van der Waals surface area (Å²) in [4.78, 5) is 25.7. The fraction of sp³-hybridized carbons (Fsp3) is 0.412. The Kier molecular flexibility index (Phi) is 5.72. The van der Waals surface area contributed by atoms with Gasteiger partial charge in [0.05, 0.1) is 12.5 Å². The number of carbonyl (C=O) groups excluding carboxylic acids is 2. The van der Waals surface area contributed by atoms with Gasteiger partial charge in [0.1, 0.15) is 0 Å². The summed E-state index contributed by atoms with van der Waals surface area (Å²) in [5, 5.41) is 5.42. The summed E-state index contributed by atoms with van der Waals surface area (Å²) in [6.45, 7) is 4.12. The first kappa shape index (κ1) is 16.2. The van der Waals surface area contributed by atoms with Crippen molar-refractivity contribution >= 4 is 17.9 Å². The Hall–Kier alpha value is -2.14. The first-order chi connectivity index (χ1) is 10.6. The van der Waals surface area contributed by atoms with Crippen LogP contribution >= 0.6 is 0 Å². The molecule has 0 aliphatic carbocycles. The average molecular weight is 301 g/mol. The molecule has 0 radical (unpaired) electrons. The van der Waals surface area contributed by atoms with Gasteiger partial charge < -0.3 is 10.6 Å². The van der Waals surface area contributed by atoms with E-state index in [0.717, 1.165) is 12.1 Å². The third kappa shape index (κ3) is 4.43. The van der Waals surface area contributed by atoms with Crippen molar-refractivity contribution in [1.82, 2.24) is 15.5 Å². The lowest BCUT2D eigenvalue weighted by Gasteiger charge is -2.34. The number of hydrogen-bond acceptors (Lipinski definition) is 3. The van der Waals surface area contributed by atoms with Gasteiger partial charge in [-0.1, -0.05) is 42.0 Å². The summed E-state index contributed by atoms with van der Waals surface area (Å²) in [6, 6.07) is 9.70. The minimum atomic E-state index is -0.396. The molecule has 1 aliphatic rings. The highest BCUT2D eigenvalue weighted by molar-refractivity contribution is 5.88. The SMILES string of the molecule is CNC(=O)C[C@H]1C(=O)NCCN1C/C(C)=C/c1ccccc1. The first-order valence-corrected chi connectivity index (χ1v) is 7.54. The van der Waals surface area contributed by atoms with E-state index in [-0.39, 0.29) is 18.2 Å². The van der Waals surface area contributed by atoms with E-state index in [1.807, 2.05) is 18.2 Å². The third-order valence-corrected chi connectivity index (χ3v) is 3.76. The van der Waals surface area contributed by atoms with Gasteiger partial charge in [-0.05, 0) is 12.5 Å². The van der Waals surface area contributed by atoms with E-state index >= 15 is 0 Å². The summed E-state index contributed by atoms with van der Waals surface area (Å²) >= 11 is 0. The molecule has 2 N–H and O–H groups in total. The van der Waals surface area contributed by atoms with E-state index in [4.69, 9.17) is 0 Å². The zero-order valence-corrected chi connectivity index (χ0v) is 13.1. The lowest BCUT2D eigenvalue weighted by molar-refractivity contribution is -0.133. The van der Waals surface area contributed by atoms with Crippen molar-refractivity contribution in [3.05, 3.63) is 41.5 Å². The molecule has 1 aromatic rings. The zero-order chi connectivity index (χ0) is 15.9. The Morgan fingerprint density at radius 3 is 2.82 bits per heavy atom. The van der Waals surface area contributed by atoms with Crippen molar-refractivity contribution in [2.75, 3.05) is 26.7 Å². The minimum Gasteiger partial charge on any atom is -0.359 e. The number of carbonyl (C=O) groups is 2. The number of nitrogens with one attached hydrogen (secondary N) is 2. The molecule has 2 rings (SSSR count). The van der Waals surface area contributed by atoms with Crippen molar-refractivity contribution in [3.8, 4) is 0 Å². The molecule has 0 unspecified atom stereocenters. The van der Waals surface area contributed by atoms with Gasteiger partial charge in [0.2, 0.25) is 11.8 Å². The van der Waals surface area contributed by atoms with Crippen molar-refractivity contribution in [1.29, 1.82) is 0 Å². The minimum absolute atomic E-state index is 0.0673. The van der Waals surface area contributed by atoms with E-state index in [9.17, 15) is 9.59 Å². The predicted octanol–water partition coefficient (Wildman–Crippen LogP) is 1.03. The molecule has 0 spiro atoms. The fourth-order valence-corrected chi connectivity index (χ4v) is 2.65. The van der Waals surface area contributed by atoms with Gasteiger partial charge in [-0.25, -0.2) is 0 Å². The average Bonchev–Trinajstić information content (AvgIpc) is 2.51. The Bertz CT molecular complexity index is 554.